The average Bonchev–Trinajstić information content (AvgIpc) is 2.39. The third-order valence-electron chi connectivity index (χ3n) is 4.32. The van der Waals surface area contributed by atoms with Crippen molar-refractivity contribution in [3.8, 4) is 0 Å². The molecule has 1 aliphatic rings. The first-order valence-corrected chi connectivity index (χ1v) is 7.72. The summed E-state index contributed by atoms with van der Waals surface area (Å²) < 4.78 is 0. The fraction of sp³-hybridized carbons (Fsp3) is 0.875. The molecule has 2 nitrogen and oxygen atoms in total. The molecule has 0 aromatic heterocycles. The number of rotatable bonds is 8. The zero-order chi connectivity index (χ0) is 13.4. The van der Waals surface area contributed by atoms with Gasteiger partial charge < -0.3 is 5.32 Å². The lowest BCUT2D eigenvalue weighted by Gasteiger charge is -2.46. The average molecular weight is 252 g/mol. The smallest absolute Gasteiger partial charge is 0.0306 e. The van der Waals surface area contributed by atoms with Crippen LogP contribution in [0.3, 0.4) is 0 Å². The Morgan fingerprint density at radius 2 is 1.94 bits per heavy atom. The molecule has 0 spiro atoms. The summed E-state index contributed by atoms with van der Waals surface area (Å²) in [7, 11) is 0. The topological polar surface area (TPSA) is 15.3 Å². The van der Waals surface area contributed by atoms with E-state index in [1.165, 1.54) is 45.2 Å². The second-order valence-corrected chi connectivity index (χ2v) is 6.07. The maximum absolute atomic E-state index is 3.87. The standard InChI is InChI=1S/C16H32N2/c1-5-7-11-15(17-12-6-2)16(3,4)18-13-9-8-10-14-18/h5,15,17H,1,6-14H2,2-4H3. The van der Waals surface area contributed by atoms with Crippen LogP contribution in [-0.4, -0.2) is 36.1 Å². The summed E-state index contributed by atoms with van der Waals surface area (Å²) in [6.07, 6.45) is 9.71. The van der Waals surface area contributed by atoms with Gasteiger partial charge in [-0.25, -0.2) is 0 Å². The Bertz CT molecular complexity index is 229. The Morgan fingerprint density at radius 1 is 1.28 bits per heavy atom. The fourth-order valence-electron chi connectivity index (χ4n) is 3.00. The molecule has 1 N–H and O–H groups in total. The van der Waals surface area contributed by atoms with Crippen LogP contribution >= 0.6 is 0 Å². The van der Waals surface area contributed by atoms with E-state index in [1.54, 1.807) is 0 Å². The van der Waals surface area contributed by atoms with Gasteiger partial charge in [-0.3, -0.25) is 4.90 Å². The van der Waals surface area contributed by atoms with Gasteiger partial charge in [0.15, 0.2) is 0 Å². The van der Waals surface area contributed by atoms with Crippen LogP contribution in [0.4, 0.5) is 0 Å². The van der Waals surface area contributed by atoms with Crippen LogP contribution in [0.25, 0.3) is 0 Å². The largest absolute Gasteiger partial charge is 0.312 e. The van der Waals surface area contributed by atoms with Crippen LogP contribution in [0.5, 0.6) is 0 Å². The van der Waals surface area contributed by atoms with E-state index in [2.05, 4.69) is 37.6 Å². The second-order valence-electron chi connectivity index (χ2n) is 6.07. The Morgan fingerprint density at radius 3 is 2.50 bits per heavy atom. The lowest BCUT2D eigenvalue weighted by Crippen LogP contribution is -2.59. The highest BCUT2D eigenvalue weighted by Crippen LogP contribution is 2.26. The molecular weight excluding hydrogens is 220 g/mol. The fourth-order valence-corrected chi connectivity index (χ4v) is 3.00. The van der Waals surface area contributed by atoms with Crippen molar-refractivity contribution in [2.24, 2.45) is 0 Å². The van der Waals surface area contributed by atoms with E-state index in [9.17, 15) is 0 Å². The van der Waals surface area contributed by atoms with E-state index in [4.69, 9.17) is 0 Å². The lowest BCUT2D eigenvalue weighted by atomic mass is 9.87. The van der Waals surface area contributed by atoms with Gasteiger partial charge in [0, 0.05) is 11.6 Å². The number of piperidine rings is 1. The molecule has 0 aliphatic carbocycles. The highest BCUT2D eigenvalue weighted by atomic mass is 15.2. The molecule has 1 fully saturated rings. The number of nitrogens with zero attached hydrogens (tertiary/aromatic N) is 1. The summed E-state index contributed by atoms with van der Waals surface area (Å²) >= 11 is 0. The minimum absolute atomic E-state index is 0.262. The molecule has 2 heteroatoms. The Balaban J connectivity index is 2.62. The van der Waals surface area contributed by atoms with E-state index in [-0.39, 0.29) is 5.54 Å². The van der Waals surface area contributed by atoms with Crippen molar-refractivity contribution in [1.29, 1.82) is 0 Å². The van der Waals surface area contributed by atoms with Crippen LogP contribution in [0.15, 0.2) is 12.7 Å². The van der Waals surface area contributed by atoms with Crippen molar-refractivity contribution < 1.29 is 0 Å². The minimum Gasteiger partial charge on any atom is -0.312 e. The van der Waals surface area contributed by atoms with Crippen LogP contribution in [0.2, 0.25) is 0 Å². The molecule has 1 heterocycles. The molecule has 106 valence electrons. The molecule has 0 amide bonds. The second kappa shape index (κ2) is 7.96. The van der Waals surface area contributed by atoms with Crippen LogP contribution in [0, 0.1) is 0 Å². The third-order valence-corrected chi connectivity index (χ3v) is 4.32. The van der Waals surface area contributed by atoms with Gasteiger partial charge in [0.2, 0.25) is 0 Å². The summed E-state index contributed by atoms with van der Waals surface area (Å²) in [4.78, 5) is 2.69. The minimum atomic E-state index is 0.262. The van der Waals surface area contributed by atoms with Gasteiger partial charge in [-0.1, -0.05) is 19.4 Å². The van der Waals surface area contributed by atoms with Gasteiger partial charge >= 0.3 is 0 Å². The van der Waals surface area contributed by atoms with Gasteiger partial charge in [0.05, 0.1) is 0 Å². The van der Waals surface area contributed by atoms with Crippen molar-refractivity contribution >= 4 is 0 Å². The van der Waals surface area contributed by atoms with Crippen LogP contribution < -0.4 is 5.32 Å². The zero-order valence-corrected chi connectivity index (χ0v) is 12.7. The van der Waals surface area contributed by atoms with E-state index in [0.29, 0.717) is 6.04 Å². The SMILES string of the molecule is C=CCCC(NCCC)C(C)(C)N1CCCCC1. The highest BCUT2D eigenvalue weighted by molar-refractivity contribution is 4.95. The summed E-state index contributed by atoms with van der Waals surface area (Å²) in [5, 5.41) is 3.75. The molecular formula is C16H32N2. The number of nitrogens with one attached hydrogen (secondary N) is 1. The maximum Gasteiger partial charge on any atom is 0.0306 e. The first-order valence-electron chi connectivity index (χ1n) is 7.72. The summed E-state index contributed by atoms with van der Waals surface area (Å²) in [6, 6.07) is 0.577. The van der Waals surface area contributed by atoms with E-state index < -0.39 is 0 Å². The molecule has 0 radical (unpaired) electrons. The Labute approximate surface area is 114 Å². The molecule has 1 aliphatic heterocycles. The molecule has 0 aromatic carbocycles. The Kier molecular flexibility index (Phi) is 6.95. The molecule has 0 bridgehead atoms. The molecule has 0 aromatic rings. The van der Waals surface area contributed by atoms with Gasteiger partial charge in [-0.15, -0.1) is 6.58 Å². The first-order chi connectivity index (χ1) is 8.62. The number of hydrogen-bond donors (Lipinski definition) is 1. The van der Waals surface area contributed by atoms with Crippen LogP contribution in [0.1, 0.15) is 59.3 Å². The number of hydrogen-bond acceptors (Lipinski definition) is 2. The zero-order valence-electron chi connectivity index (χ0n) is 12.7. The van der Waals surface area contributed by atoms with Crippen LogP contribution in [-0.2, 0) is 0 Å². The van der Waals surface area contributed by atoms with E-state index in [1.807, 2.05) is 6.08 Å². The summed E-state index contributed by atoms with van der Waals surface area (Å²) in [5.74, 6) is 0. The number of likely N-dealkylation sites (tertiary alicyclic amines) is 1. The normalized spacial score (nSPS) is 19.7. The quantitative estimate of drug-likeness (QED) is 0.664. The number of allylic oxidation sites excluding steroid dienone is 1. The van der Waals surface area contributed by atoms with Crippen molar-refractivity contribution in [2.75, 3.05) is 19.6 Å². The predicted molar refractivity (Wildman–Crippen MR) is 81.0 cm³/mol. The molecule has 1 saturated heterocycles. The van der Waals surface area contributed by atoms with Gasteiger partial charge in [-0.2, -0.15) is 0 Å². The Hall–Kier alpha value is -0.340. The molecule has 1 rings (SSSR count). The van der Waals surface area contributed by atoms with Gasteiger partial charge in [0.25, 0.3) is 0 Å². The van der Waals surface area contributed by atoms with E-state index in [0.717, 1.165) is 13.0 Å². The van der Waals surface area contributed by atoms with Crippen molar-refractivity contribution in [1.82, 2.24) is 10.2 Å². The maximum atomic E-state index is 3.87. The monoisotopic (exact) mass is 252 g/mol. The van der Waals surface area contributed by atoms with Crippen molar-refractivity contribution in [3.05, 3.63) is 12.7 Å². The molecule has 1 atom stereocenters. The molecule has 0 saturated carbocycles. The van der Waals surface area contributed by atoms with E-state index >= 15 is 0 Å². The van der Waals surface area contributed by atoms with Gasteiger partial charge in [-0.05, 0) is 65.6 Å². The summed E-state index contributed by atoms with van der Waals surface area (Å²) in [6.45, 7) is 14.6. The molecule has 1 unspecified atom stereocenters. The lowest BCUT2D eigenvalue weighted by molar-refractivity contribution is 0.0585. The van der Waals surface area contributed by atoms with Crippen molar-refractivity contribution in [3.63, 3.8) is 0 Å². The van der Waals surface area contributed by atoms with Crippen molar-refractivity contribution in [2.45, 2.75) is 70.9 Å². The summed E-state index contributed by atoms with van der Waals surface area (Å²) in [5.41, 5.74) is 0.262. The predicted octanol–water partition coefficient (Wildman–Crippen LogP) is 3.59. The highest BCUT2D eigenvalue weighted by Gasteiger charge is 2.34. The molecule has 18 heavy (non-hydrogen) atoms. The van der Waals surface area contributed by atoms with Gasteiger partial charge in [0.1, 0.15) is 0 Å². The first kappa shape index (κ1) is 15.7. The third kappa shape index (κ3) is 4.40.